The average molecular weight is 366 g/mol. The second kappa shape index (κ2) is 9.20. The largest absolute Gasteiger partial charge is 0.355 e. The zero-order valence-electron chi connectivity index (χ0n) is 14.7. The van der Waals surface area contributed by atoms with E-state index in [0.717, 1.165) is 24.2 Å². The molecule has 0 aliphatic heterocycles. The van der Waals surface area contributed by atoms with Crippen LogP contribution in [0.15, 0.2) is 59.8 Å². The van der Waals surface area contributed by atoms with E-state index in [9.17, 15) is 4.79 Å². The minimum atomic E-state index is -0.00965. The summed E-state index contributed by atoms with van der Waals surface area (Å²) in [5, 5.41) is 10.6. The summed E-state index contributed by atoms with van der Waals surface area (Å²) in [6.07, 6.45) is 1.84. The molecule has 3 rings (SSSR count). The molecule has 3 aromatic rings. The molecule has 1 aromatic heterocycles. The highest BCUT2D eigenvalue weighted by Crippen LogP contribution is 2.19. The van der Waals surface area contributed by atoms with Crippen molar-refractivity contribution in [3.05, 3.63) is 65.7 Å². The Morgan fingerprint density at radius 1 is 1.08 bits per heavy atom. The van der Waals surface area contributed by atoms with Gasteiger partial charge >= 0.3 is 0 Å². The molecule has 0 aliphatic carbocycles. The number of amides is 1. The van der Waals surface area contributed by atoms with E-state index in [1.807, 2.05) is 30.3 Å². The summed E-state index contributed by atoms with van der Waals surface area (Å²) in [6, 6.07) is 18.4. The zero-order valence-corrected chi connectivity index (χ0v) is 15.6. The van der Waals surface area contributed by atoms with E-state index < -0.39 is 0 Å². The van der Waals surface area contributed by atoms with Gasteiger partial charge < -0.3 is 5.32 Å². The van der Waals surface area contributed by atoms with Crippen molar-refractivity contribution in [2.75, 3.05) is 12.3 Å². The van der Waals surface area contributed by atoms with Gasteiger partial charge in [-0.2, -0.15) is 0 Å². The van der Waals surface area contributed by atoms with Crippen LogP contribution in [0, 0.1) is 0 Å². The van der Waals surface area contributed by atoms with Crippen LogP contribution in [0.25, 0.3) is 11.4 Å². The highest BCUT2D eigenvalue weighted by molar-refractivity contribution is 7.99. The molecule has 0 saturated carbocycles. The van der Waals surface area contributed by atoms with Crippen LogP contribution in [0.3, 0.4) is 0 Å². The first-order chi connectivity index (χ1) is 12.7. The number of aryl methyl sites for hydroxylation is 1. The number of aromatic amines is 1. The van der Waals surface area contributed by atoms with Crippen LogP contribution >= 0.6 is 11.8 Å². The summed E-state index contributed by atoms with van der Waals surface area (Å²) in [5.74, 6) is 1.02. The van der Waals surface area contributed by atoms with Gasteiger partial charge in [-0.3, -0.25) is 9.89 Å². The molecule has 5 nitrogen and oxygen atoms in total. The summed E-state index contributed by atoms with van der Waals surface area (Å²) in [4.78, 5) is 16.4. The van der Waals surface area contributed by atoms with E-state index in [0.29, 0.717) is 17.5 Å². The Kier molecular flexibility index (Phi) is 6.44. The number of carbonyl (C=O) groups excluding carboxylic acids is 1. The third-order valence-electron chi connectivity index (χ3n) is 4.01. The Hall–Kier alpha value is -2.60. The van der Waals surface area contributed by atoms with Gasteiger partial charge in [0.15, 0.2) is 5.82 Å². The topological polar surface area (TPSA) is 70.7 Å². The van der Waals surface area contributed by atoms with Crippen molar-refractivity contribution in [2.24, 2.45) is 0 Å². The van der Waals surface area contributed by atoms with Gasteiger partial charge in [-0.15, -0.1) is 5.10 Å². The lowest BCUT2D eigenvalue weighted by atomic mass is 10.1. The first-order valence-electron chi connectivity index (χ1n) is 8.69. The van der Waals surface area contributed by atoms with Gasteiger partial charge in [-0.05, 0) is 24.0 Å². The lowest BCUT2D eigenvalue weighted by molar-refractivity contribution is -0.118. The average Bonchev–Trinajstić information content (AvgIpc) is 3.16. The molecule has 2 N–H and O–H groups in total. The predicted octanol–water partition coefficient (Wildman–Crippen LogP) is 3.49. The minimum Gasteiger partial charge on any atom is -0.355 e. The van der Waals surface area contributed by atoms with Crippen molar-refractivity contribution < 1.29 is 4.79 Å². The summed E-state index contributed by atoms with van der Waals surface area (Å²) >= 11 is 1.33. The molecule has 6 heteroatoms. The molecule has 0 atom stereocenters. The van der Waals surface area contributed by atoms with Crippen molar-refractivity contribution >= 4 is 17.7 Å². The number of hydrogen-bond donors (Lipinski definition) is 2. The molecule has 0 saturated heterocycles. The third kappa shape index (κ3) is 5.20. The maximum Gasteiger partial charge on any atom is 0.230 e. The van der Waals surface area contributed by atoms with Crippen molar-refractivity contribution in [2.45, 2.75) is 24.9 Å². The Balaban J connectivity index is 1.44. The van der Waals surface area contributed by atoms with Gasteiger partial charge in [0.2, 0.25) is 11.1 Å². The monoisotopic (exact) mass is 366 g/mol. The van der Waals surface area contributed by atoms with E-state index in [1.54, 1.807) is 0 Å². The number of hydrogen-bond acceptors (Lipinski definition) is 4. The molecule has 0 fully saturated rings. The fourth-order valence-electron chi connectivity index (χ4n) is 2.51. The highest BCUT2D eigenvalue weighted by atomic mass is 32.2. The molecule has 0 unspecified atom stereocenters. The SMILES string of the molecule is CCc1ccc(-c2nc(SCC(=O)NCCc3ccccc3)n[nH]2)cc1. The minimum absolute atomic E-state index is 0.00965. The van der Waals surface area contributed by atoms with Gasteiger partial charge in [-0.1, -0.05) is 73.3 Å². The first kappa shape index (κ1) is 18.2. The molecule has 0 aliphatic rings. The summed E-state index contributed by atoms with van der Waals surface area (Å²) in [7, 11) is 0. The number of aromatic nitrogens is 3. The number of nitrogens with one attached hydrogen (secondary N) is 2. The lowest BCUT2D eigenvalue weighted by Gasteiger charge is -2.04. The van der Waals surface area contributed by atoms with Crippen molar-refractivity contribution in [1.82, 2.24) is 20.5 Å². The van der Waals surface area contributed by atoms with Crippen LogP contribution in [0.2, 0.25) is 0 Å². The number of thioether (sulfide) groups is 1. The highest BCUT2D eigenvalue weighted by Gasteiger charge is 2.09. The second-order valence-electron chi connectivity index (χ2n) is 5.89. The van der Waals surface area contributed by atoms with E-state index in [1.165, 1.54) is 22.9 Å². The molecule has 0 radical (unpaired) electrons. The van der Waals surface area contributed by atoms with Crippen LogP contribution in [0.1, 0.15) is 18.1 Å². The lowest BCUT2D eigenvalue weighted by Crippen LogP contribution is -2.27. The van der Waals surface area contributed by atoms with Gasteiger partial charge in [0.05, 0.1) is 5.75 Å². The molecule has 1 amide bonds. The molecule has 134 valence electrons. The van der Waals surface area contributed by atoms with E-state index in [4.69, 9.17) is 0 Å². The Labute approximate surface area is 157 Å². The first-order valence-corrected chi connectivity index (χ1v) is 9.68. The molecule has 0 bridgehead atoms. The molecular formula is C20H22N4OS. The quantitative estimate of drug-likeness (QED) is 0.599. The molecule has 0 spiro atoms. The van der Waals surface area contributed by atoms with Crippen molar-refractivity contribution in [1.29, 1.82) is 0 Å². The molecule has 26 heavy (non-hydrogen) atoms. The fourth-order valence-corrected chi connectivity index (χ4v) is 3.14. The molecule has 1 heterocycles. The number of rotatable bonds is 8. The molecular weight excluding hydrogens is 344 g/mol. The number of benzene rings is 2. The zero-order chi connectivity index (χ0) is 18.2. The van der Waals surface area contributed by atoms with Crippen molar-refractivity contribution in [3.63, 3.8) is 0 Å². The Morgan fingerprint density at radius 2 is 1.85 bits per heavy atom. The maximum atomic E-state index is 12.0. The summed E-state index contributed by atoms with van der Waals surface area (Å²) in [6.45, 7) is 2.76. The van der Waals surface area contributed by atoms with Gasteiger partial charge in [0.25, 0.3) is 0 Å². The van der Waals surface area contributed by atoms with Crippen LogP contribution in [-0.2, 0) is 17.6 Å². The Morgan fingerprint density at radius 3 is 2.58 bits per heavy atom. The van der Waals surface area contributed by atoms with Crippen LogP contribution in [0.4, 0.5) is 0 Å². The second-order valence-corrected chi connectivity index (χ2v) is 6.83. The number of nitrogens with zero attached hydrogens (tertiary/aromatic N) is 2. The third-order valence-corrected chi connectivity index (χ3v) is 4.86. The van der Waals surface area contributed by atoms with E-state index >= 15 is 0 Å². The summed E-state index contributed by atoms with van der Waals surface area (Å²) in [5.41, 5.74) is 3.50. The standard InChI is InChI=1S/C20H22N4OS/c1-2-15-8-10-17(11-9-15)19-22-20(24-23-19)26-14-18(25)21-13-12-16-6-4-3-5-7-16/h3-11H,2,12-14H2,1H3,(H,21,25)(H,22,23,24). The predicted molar refractivity (Wildman–Crippen MR) is 105 cm³/mol. The van der Waals surface area contributed by atoms with Crippen molar-refractivity contribution in [3.8, 4) is 11.4 Å². The van der Waals surface area contributed by atoms with Crippen LogP contribution < -0.4 is 5.32 Å². The van der Waals surface area contributed by atoms with Gasteiger partial charge in [-0.25, -0.2) is 4.98 Å². The van der Waals surface area contributed by atoms with Gasteiger partial charge in [0.1, 0.15) is 0 Å². The molecule has 2 aromatic carbocycles. The fraction of sp³-hybridized carbons (Fsp3) is 0.250. The van der Waals surface area contributed by atoms with Crippen LogP contribution in [0.5, 0.6) is 0 Å². The summed E-state index contributed by atoms with van der Waals surface area (Å²) < 4.78 is 0. The van der Waals surface area contributed by atoms with Crippen LogP contribution in [-0.4, -0.2) is 33.4 Å². The van der Waals surface area contributed by atoms with E-state index in [2.05, 4.69) is 51.7 Å². The number of H-pyrrole nitrogens is 1. The smallest absolute Gasteiger partial charge is 0.230 e. The Bertz CT molecular complexity index is 831. The number of carbonyl (C=O) groups is 1. The van der Waals surface area contributed by atoms with E-state index in [-0.39, 0.29) is 5.91 Å². The van der Waals surface area contributed by atoms with Gasteiger partial charge in [0, 0.05) is 12.1 Å². The normalized spacial score (nSPS) is 10.7. The maximum absolute atomic E-state index is 12.0.